The van der Waals surface area contributed by atoms with E-state index in [1.54, 1.807) is 14.0 Å². The summed E-state index contributed by atoms with van der Waals surface area (Å²) in [4.78, 5) is 1.92. The molecule has 1 unspecified atom stereocenters. The molecule has 37 heavy (non-hydrogen) atoms. The van der Waals surface area contributed by atoms with E-state index in [0.29, 0.717) is 6.54 Å². The Morgan fingerprint density at radius 2 is 1.78 bits per heavy atom. The Labute approximate surface area is 220 Å². The molecule has 2 aromatic carbocycles. The summed E-state index contributed by atoms with van der Waals surface area (Å²) < 4.78 is 56.6. The topological polar surface area (TPSA) is 75.7 Å². The van der Waals surface area contributed by atoms with E-state index in [1.807, 2.05) is 82.2 Å². The molecule has 0 N–H and O–H groups in total. The van der Waals surface area contributed by atoms with Crippen LogP contribution < -0.4 is 9.47 Å². The Bertz CT molecular complexity index is 999. The maximum absolute atomic E-state index is 13.1. The van der Waals surface area contributed by atoms with Gasteiger partial charge in [0.05, 0.1) is 13.2 Å². The summed E-state index contributed by atoms with van der Waals surface area (Å²) in [5, 5.41) is 0. The Morgan fingerprint density at radius 1 is 1.05 bits per heavy atom. The third-order valence-corrected chi connectivity index (χ3v) is 7.05. The molecule has 0 spiro atoms. The van der Waals surface area contributed by atoms with Crippen LogP contribution >= 0.6 is 7.82 Å². The van der Waals surface area contributed by atoms with Crippen LogP contribution in [0.15, 0.2) is 48.5 Å². The van der Waals surface area contributed by atoms with Gasteiger partial charge in [-0.3, -0.25) is 9.05 Å². The van der Waals surface area contributed by atoms with E-state index < -0.39 is 26.8 Å². The van der Waals surface area contributed by atoms with Gasteiger partial charge in [-0.1, -0.05) is 55.8 Å². The van der Waals surface area contributed by atoms with Crippen molar-refractivity contribution in [2.24, 2.45) is 5.41 Å². The first-order chi connectivity index (χ1) is 17.5. The monoisotopic (exact) mass is 541 g/mol. The number of ether oxygens (including phenoxy) is 3. The highest BCUT2D eigenvalue weighted by Crippen LogP contribution is 2.52. The van der Waals surface area contributed by atoms with Crippen molar-refractivity contribution in [2.45, 2.75) is 52.7 Å². The summed E-state index contributed by atoms with van der Waals surface area (Å²) in [5.74, 6) is 1.58. The van der Waals surface area contributed by atoms with E-state index in [4.69, 9.17) is 23.3 Å². The van der Waals surface area contributed by atoms with Crippen molar-refractivity contribution in [1.82, 2.24) is 4.90 Å². The molecule has 2 rings (SSSR count). The molecular formula is C27H41FNO7P. The lowest BCUT2D eigenvalue weighted by atomic mass is 9.91. The highest BCUT2D eigenvalue weighted by molar-refractivity contribution is 7.48. The quantitative estimate of drug-likeness (QED) is 0.183. The maximum atomic E-state index is 13.1. The normalized spacial score (nSPS) is 15.3. The zero-order chi connectivity index (χ0) is 27.5. The SMILES string of the molecule is COc1cccc(CCc2ccccc2OC[C@@H](CN(C)C)OCOP(=O)(OF)O[C@H](C)C(C)(C)C)c1. The third kappa shape index (κ3) is 11.1. The smallest absolute Gasteiger partial charge is 0.497 e. The van der Waals surface area contributed by atoms with Crippen LogP contribution in [0.5, 0.6) is 11.5 Å². The first kappa shape index (κ1) is 31.2. The average Bonchev–Trinajstić information content (AvgIpc) is 2.85. The van der Waals surface area contributed by atoms with Gasteiger partial charge in [-0.2, -0.15) is 0 Å². The van der Waals surface area contributed by atoms with Crippen LogP contribution in [0.4, 0.5) is 4.53 Å². The molecule has 0 fully saturated rings. The molecule has 0 radical (unpaired) electrons. The molecule has 0 aromatic heterocycles. The highest BCUT2D eigenvalue weighted by atomic mass is 31.2. The number of hydrogen-bond acceptors (Lipinski definition) is 8. The number of halogens is 1. The predicted molar refractivity (Wildman–Crippen MR) is 142 cm³/mol. The average molecular weight is 542 g/mol. The summed E-state index contributed by atoms with van der Waals surface area (Å²) in [5.41, 5.74) is 1.84. The van der Waals surface area contributed by atoms with Gasteiger partial charge in [-0.05, 0) is 73.1 Å². The first-order valence-corrected chi connectivity index (χ1v) is 13.7. The van der Waals surface area contributed by atoms with Gasteiger partial charge >= 0.3 is 7.82 Å². The minimum atomic E-state index is -4.43. The molecule has 10 heteroatoms. The second kappa shape index (κ2) is 14.8. The second-order valence-corrected chi connectivity index (χ2v) is 11.7. The molecule has 208 valence electrons. The number of benzene rings is 2. The fourth-order valence-corrected chi connectivity index (χ4v) is 4.34. The summed E-state index contributed by atoms with van der Waals surface area (Å²) >= 11 is 0. The molecular weight excluding hydrogens is 500 g/mol. The first-order valence-electron chi connectivity index (χ1n) is 12.3. The van der Waals surface area contributed by atoms with E-state index >= 15 is 0 Å². The van der Waals surface area contributed by atoms with Gasteiger partial charge in [-0.25, -0.2) is 4.57 Å². The maximum Gasteiger partial charge on any atom is 0.508 e. The lowest BCUT2D eigenvalue weighted by Gasteiger charge is -2.29. The van der Waals surface area contributed by atoms with Gasteiger partial charge in [-0.15, -0.1) is 0 Å². The van der Waals surface area contributed by atoms with Crippen LogP contribution in [0, 0.1) is 5.41 Å². The lowest BCUT2D eigenvalue weighted by molar-refractivity contribution is -0.114. The van der Waals surface area contributed by atoms with Crippen molar-refractivity contribution in [2.75, 3.05) is 41.1 Å². The number of para-hydroxylation sites is 1. The highest BCUT2D eigenvalue weighted by Gasteiger charge is 2.35. The number of phosphoric acid groups is 1. The second-order valence-electron chi connectivity index (χ2n) is 10.2. The van der Waals surface area contributed by atoms with E-state index in [1.165, 1.54) is 5.56 Å². The molecule has 8 nitrogen and oxygen atoms in total. The van der Waals surface area contributed by atoms with Crippen molar-refractivity contribution < 1.29 is 37.1 Å². The standard InChI is InChI=1S/C27H41FNO7P/c1-21(27(2,3)4)35-37(30,36-28)34-20-33-25(18-29(5)6)19-32-26-14-9-8-12-23(26)16-15-22-11-10-13-24(17-22)31-7/h8-14,17,21,25H,15-16,18-20H2,1-7H3/t21-,25-,37?/m1/s1. The van der Waals surface area contributed by atoms with Crippen LogP contribution in [0.1, 0.15) is 38.8 Å². The van der Waals surface area contributed by atoms with Gasteiger partial charge in [0, 0.05) is 6.54 Å². The third-order valence-electron chi connectivity index (χ3n) is 5.89. The zero-order valence-electron chi connectivity index (χ0n) is 22.9. The van der Waals surface area contributed by atoms with E-state index in [2.05, 4.69) is 10.8 Å². The predicted octanol–water partition coefficient (Wildman–Crippen LogP) is 6.24. The fraction of sp³-hybridized carbons (Fsp3) is 0.556. The minimum Gasteiger partial charge on any atom is -0.497 e. The van der Waals surface area contributed by atoms with Crippen LogP contribution in [-0.2, 0) is 35.9 Å². The Balaban J connectivity index is 1.97. The van der Waals surface area contributed by atoms with Crippen molar-refractivity contribution in [3.63, 3.8) is 0 Å². The fourth-order valence-electron chi connectivity index (χ4n) is 3.31. The van der Waals surface area contributed by atoms with E-state index in [-0.39, 0.29) is 12.0 Å². The van der Waals surface area contributed by atoms with Gasteiger partial charge in [0.2, 0.25) is 0 Å². The Kier molecular flexibility index (Phi) is 12.5. The summed E-state index contributed by atoms with van der Waals surface area (Å²) in [6.07, 6.45) is 0.582. The Morgan fingerprint density at radius 3 is 2.43 bits per heavy atom. The van der Waals surface area contributed by atoms with Gasteiger partial charge in [0.15, 0.2) is 6.79 Å². The summed E-state index contributed by atoms with van der Waals surface area (Å²) in [6, 6.07) is 15.8. The Hall–Kier alpha value is -2.00. The number of phosphoric ester groups is 1. The molecule has 3 atom stereocenters. The van der Waals surface area contributed by atoms with Crippen LogP contribution in [0.2, 0.25) is 0 Å². The summed E-state index contributed by atoms with van der Waals surface area (Å²) in [7, 11) is 1.01. The van der Waals surface area contributed by atoms with E-state index in [0.717, 1.165) is 29.9 Å². The van der Waals surface area contributed by atoms with Crippen molar-refractivity contribution in [3.05, 3.63) is 59.7 Å². The molecule has 0 saturated carbocycles. The summed E-state index contributed by atoms with van der Waals surface area (Å²) in [6.45, 7) is 7.50. The van der Waals surface area contributed by atoms with Crippen molar-refractivity contribution in [3.8, 4) is 11.5 Å². The van der Waals surface area contributed by atoms with Crippen molar-refractivity contribution in [1.29, 1.82) is 0 Å². The minimum absolute atomic E-state index is 0.206. The largest absolute Gasteiger partial charge is 0.508 e. The van der Waals surface area contributed by atoms with Gasteiger partial charge < -0.3 is 19.1 Å². The van der Waals surface area contributed by atoms with Gasteiger partial charge in [0.25, 0.3) is 0 Å². The molecule has 0 aliphatic rings. The van der Waals surface area contributed by atoms with Crippen molar-refractivity contribution >= 4 is 7.82 Å². The van der Waals surface area contributed by atoms with Gasteiger partial charge in [0.1, 0.15) is 24.2 Å². The molecule has 0 heterocycles. The number of nitrogens with zero attached hydrogens (tertiary/aromatic N) is 1. The number of likely N-dealkylation sites (N-methyl/N-ethyl adjacent to an activating group) is 1. The van der Waals surface area contributed by atoms with Crippen LogP contribution in [0.3, 0.4) is 0 Å². The number of methoxy groups -OCH3 is 1. The molecule has 0 aliphatic carbocycles. The molecule has 0 saturated heterocycles. The molecule has 0 aliphatic heterocycles. The molecule has 0 bridgehead atoms. The van der Waals surface area contributed by atoms with Crippen LogP contribution in [-0.4, -0.2) is 58.3 Å². The zero-order valence-corrected chi connectivity index (χ0v) is 23.8. The molecule has 0 amide bonds. The number of hydrogen-bond donors (Lipinski definition) is 0. The number of rotatable bonds is 16. The number of aryl methyl sites for hydroxylation is 2. The van der Waals surface area contributed by atoms with Crippen LogP contribution in [0.25, 0.3) is 0 Å². The lowest BCUT2D eigenvalue weighted by Crippen LogP contribution is -2.34. The molecule has 2 aromatic rings. The van der Waals surface area contributed by atoms with E-state index in [9.17, 15) is 9.09 Å².